The lowest BCUT2D eigenvalue weighted by Gasteiger charge is -2.23. The number of fused-ring (bicyclic) bond motifs is 1. The summed E-state index contributed by atoms with van der Waals surface area (Å²) in [6, 6.07) is 10.5. The second-order valence-corrected chi connectivity index (χ2v) is 5.32. The molecule has 0 amide bonds. The number of hydrogen-bond acceptors (Lipinski definition) is 3. The third kappa shape index (κ3) is 2.59. The largest absolute Gasteiger partial charge is 0.328 e. The molecule has 3 rings (SSSR count). The lowest BCUT2D eigenvalue weighted by molar-refractivity contribution is 0.628. The van der Waals surface area contributed by atoms with Gasteiger partial charge in [-0.05, 0) is 55.5 Å². The summed E-state index contributed by atoms with van der Waals surface area (Å²) in [7, 11) is 1.81. The summed E-state index contributed by atoms with van der Waals surface area (Å²) >= 11 is 0. The molecule has 0 aliphatic heterocycles. The molecule has 1 aliphatic carbocycles. The molecule has 0 saturated carbocycles. The molecule has 1 aromatic heterocycles. The maximum atomic E-state index is 13.4. The molecule has 1 heterocycles. The van der Waals surface area contributed by atoms with E-state index in [9.17, 15) is 9.65 Å². The zero-order valence-electron chi connectivity index (χ0n) is 11.9. The molecule has 0 fully saturated rings. The number of pyridine rings is 1. The van der Waals surface area contributed by atoms with E-state index in [1.807, 2.05) is 19.2 Å². The number of nitriles is 1. The van der Waals surface area contributed by atoms with Gasteiger partial charge in [0.1, 0.15) is 11.9 Å². The second kappa shape index (κ2) is 5.53. The van der Waals surface area contributed by atoms with Crippen LogP contribution in [0, 0.1) is 17.1 Å². The number of halogens is 1. The Morgan fingerprint density at radius 2 is 2.05 bits per heavy atom. The maximum Gasteiger partial charge on any atom is 0.151 e. The van der Waals surface area contributed by atoms with Gasteiger partial charge >= 0.3 is 0 Å². The topological polar surface area (TPSA) is 39.9 Å². The van der Waals surface area contributed by atoms with Gasteiger partial charge < -0.3 is 4.90 Å². The zero-order valence-corrected chi connectivity index (χ0v) is 11.9. The minimum absolute atomic E-state index is 0.296. The third-order valence-electron chi connectivity index (χ3n) is 3.91. The summed E-state index contributed by atoms with van der Waals surface area (Å²) in [5, 5.41) is 9.38. The molecule has 0 saturated heterocycles. The highest BCUT2D eigenvalue weighted by atomic mass is 19.1. The lowest BCUT2D eigenvalue weighted by Crippen LogP contribution is -2.16. The van der Waals surface area contributed by atoms with E-state index >= 15 is 0 Å². The van der Waals surface area contributed by atoms with Crippen LogP contribution in [0.15, 0.2) is 30.3 Å². The van der Waals surface area contributed by atoms with Crippen LogP contribution >= 0.6 is 0 Å². The van der Waals surface area contributed by atoms with E-state index in [1.165, 1.54) is 17.7 Å². The van der Waals surface area contributed by atoms with Crippen LogP contribution in [0.5, 0.6) is 0 Å². The van der Waals surface area contributed by atoms with Crippen molar-refractivity contribution in [2.45, 2.75) is 25.7 Å². The molecule has 0 N–H and O–H groups in total. The van der Waals surface area contributed by atoms with Gasteiger partial charge in [0, 0.05) is 18.4 Å². The fourth-order valence-corrected chi connectivity index (χ4v) is 2.77. The molecule has 106 valence electrons. The van der Waals surface area contributed by atoms with Crippen LogP contribution < -0.4 is 4.90 Å². The zero-order chi connectivity index (χ0) is 14.8. The van der Waals surface area contributed by atoms with Crippen molar-refractivity contribution < 1.29 is 4.39 Å². The molecule has 0 spiro atoms. The molecule has 0 unspecified atom stereocenters. The van der Waals surface area contributed by atoms with E-state index in [-0.39, 0.29) is 5.82 Å². The number of nitrogens with zero attached hydrogens (tertiary/aromatic N) is 3. The Kier molecular flexibility index (Phi) is 3.57. The summed E-state index contributed by atoms with van der Waals surface area (Å²) in [6.45, 7) is 0. The van der Waals surface area contributed by atoms with Gasteiger partial charge in [0.25, 0.3) is 0 Å². The number of benzene rings is 1. The molecule has 1 aromatic carbocycles. The molecule has 1 aliphatic rings. The van der Waals surface area contributed by atoms with Crippen LogP contribution in [0.4, 0.5) is 15.9 Å². The average molecular weight is 281 g/mol. The van der Waals surface area contributed by atoms with E-state index in [2.05, 4.69) is 11.1 Å². The molecular formula is C17H16FN3. The Hall–Kier alpha value is -2.41. The normalized spacial score (nSPS) is 13.4. The van der Waals surface area contributed by atoms with Crippen LogP contribution in [0.25, 0.3) is 0 Å². The first-order valence-corrected chi connectivity index (χ1v) is 7.11. The molecular weight excluding hydrogens is 265 g/mol. The lowest BCUT2D eigenvalue weighted by atomic mass is 9.95. The number of aryl methyl sites for hydroxylation is 2. The summed E-state index contributed by atoms with van der Waals surface area (Å²) in [4.78, 5) is 6.45. The van der Waals surface area contributed by atoms with Gasteiger partial charge in [-0.15, -0.1) is 0 Å². The van der Waals surface area contributed by atoms with E-state index in [0.717, 1.165) is 31.4 Å². The van der Waals surface area contributed by atoms with Crippen molar-refractivity contribution in [1.29, 1.82) is 5.26 Å². The molecule has 3 nitrogen and oxygen atoms in total. The average Bonchev–Trinajstić information content (AvgIpc) is 2.53. The van der Waals surface area contributed by atoms with Crippen molar-refractivity contribution in [2.75, 3.05) is 11.9 Å². The van der Waals surface area contributed by atoms with Crippen LogP contribution in [0.3, 0.4) is 0 Å². The first kappa shape index (κ1) is 13.6. The van der Waals surface area contributed by atoms with Crippen molar-refractivity contribution >= 4 is 11.5 Å². The number of hydrogen-bond donors (Lipinski definition) is 0. The smallest absolute Gasteiger partial charge is 0.151 e. The van der Waals surface area contributed by atoms with Crippen LogP contribution in [-0.4, -0.2) is 12.0 Å². The molecule has 4 heteroatoms. The Bertz CT molecular complexity index is 718. The number of rotatable bonds is 2. The number of anilines is 2. The van der Waals surface area contributed by atoms with Gasteiger partial charge in [-0.1, -0.05) is 6.07 Å². The Morgan fingerprint density at radius 1 is 1.24 bits per heavy atom. The first-order valence-electron chi connectivity index (χ1n) is 7.11. The Morgan fingerprint density at radius 3 is 2.81 bits per heavy atom. The first-order chi connectivity index (χ1) is 10.2. The highest BCUT2D eigenvalue weighted by Crippen LogP contribution is 2.29. The van der Waals surface area contributed by atoms with Gasteiger partial charge in [-0.3, -0.25) is 0 Å². The van der Waals surface area contributed by atoms with Gasteiger partial charge in [-0.25, -0.2) is 9.37 Å². The minimum atomic E-state index is -0.296. The number of aromatic nitrogens is 1. The SMILES string of the molecule is CN(c1cccc(F)c1)c1nc2c(cc1C#N)CCCC2. The van der Waals surface area contributed by atoms with Crippen molar-refractivity contribution in [1.82, 2.24) is 4.98 Å². The highest BCUT2D eigenvalue weighted by Gasteiger charge is 2.18. The second-order valence-electron chi connectivity index (χ2n) is 5.32. The van der Waals surface area contributed by atoms with Gasteiger partial charge in [-0.2, -0.15) is 5.26 Å². The van der Waals surface area contributed by atoms with Crippen LogP contribution in [0.2, 0.25) is 0 Å². The molecule has 2 aromatic rings. The van der Waals surface area contributed by atoms with Gasteiger partial charge in [0.05, 0.1) is 5.56 Å². The quantitative estimate of drug-likeness (QED) is 0.842. The Labute approximate surface area is 123 Å². The van der Waals surface area contributed by atoms with Crippen LogP contribution in [-0.2, 0) is 12.8 Å². The van der Waals surface area contributed by atoms with Gasteiger partial charge in [0.15, 0.2) is 5.82 Å². The molecule has 0 atom stereocenters. The van der Waals surface area contributed by atoms with Gasteiger partial charge in [0.2, 0.25) is 0 Å². The van der Waals surface area contributed by atoms with Crippen molar-refractivity contribution in [2.24, 2.45) is 0 Å². The van der Waals surface area contributed by atoms with E-state index in [0.29, 0.717) is 17.1 Å². The summed E-state index contributed by atoms with van der Waals surface area (Å²) < 4.78 is 13.4. The van der Waals surface area contributed by atoms with E-state index in [1.54, 1.807) is 11.0 Å². The fraction of sp³-hybridized carbons (Fsp3) is 0.294. The molecule has 21 heavy (non-hydrogen) atoms. The summed E-state index contributed by atoms with van der Waals surface area (Å²) in [6.07, 6.45) is 4.22. The molecule has 0 bridgehead atoms. The molecule has 0 radical (unpaired) electrons. The summed E-state index contributed by atoms with van der Waals surface area (Å²) in [5.74, 6) is 0.305. The highest BCUT2D eigenvalue weighted by molar-refractivity contribution is 5.66. The maximum absolute atomic E-state index is 13.4. The standard InChI is InChI=1S/C17H16FN3/c1-21(15-7-4-6-14(18)10-15)17-13(11-19)9-12-5-2-3-8-16(12)20-17/h4,6-7,9-10H,2-3,5,8H2,1H3. The predicted octanol–water partition coefficient (Wildman–Crippen LogP) is 3.74. The summed E-state index contributed by atoms with van der Waals surface area (Å²) in [5.41, 5.74) is 3.48. The Balaban J connectivity index is 2.07. The predicted molar refractivity (Wildman–Crippen MR) is 80.1 cm³/mol. The fourth-order valence-electron chi connectivity index (χ4n) is 2.77. The van der Waals surface area contributed by atoms with Crippen molar-refractivity contribution in [3.8, 4) is 6.07 Å². The van der Waals surface area contributed by atoms with Crippen molar-refractivity contribution in [3.05, 3.63) is 53.0 Å². The monoisotopic (exact) mass is 281 g/mol. The van der Waals surface area contributed by atoms with Crippen LogP contribution in [0.1, 0.15) is 29.7 Å². The minimum Gasteiger partial charge on any atom is -0.328 e. The van der Waals surface area contributed by atoms with Crippen molar-refractivity contribution in [3.63, 3.8) is 0 Å². The van der Waals surface area contributed by atoms with E-state index < -0.39 is 0 Å². The van der Waals surface area contributed by atoms with E-state index in [4.69, 9.17) is 0 Å². The third-order valence-corrected chi connectivity index (χ3v) is 3.91.